The van der Waals surface area contributed by atoms with Gasteiger partial charge >= 0.3 is 0 Å². The SMILES string of the molecule is CC1CN(S(=O)(=O)c2ccc(F)c(CCl)c2F)CCCO1. The molecular formula is C13H16ClF2NO3S. The van der Waals surface area contributed by atoms with Crippen LogP contribution in [0.3, 0.4) is 0 Å². The van der Waals surface area contributed by atoms with Gasteiger partial charge in [-0.05, 0) is 25.5 Å². The van der Waals surface area contributed by atoms with E-state index in [4.69, 9.17) is 16.3 Å². The lowest BCUT2D eigenvalue weighted by molar-refractivity contribution is 0.0752. The molecule has 1 aliphatic heterocycles. The van der Waals surface area contributed by atoms with Crippen molar-refractivity contribution >= 4 is 21.6 Å². The molecule has 2 rings (SSSR count). The Morgan fingerprint density at radius 2 is 2.14 bits per heavy atom. The second-order valence-corrected chi connectivity index (χ2v) is 7.04. The third-order valence-electron chi connectivity index (χ3n) is 3.32. The van der Waals surface area contributed by atoms with Gasteiger partial charge in [-0.25, -0.2) is 17.2 Å². The molecule has 1 heterocycles. The third kappa shape index (κ3) is 3.36. The van der Waals surface area contributed by atoms with Crippen molar-refractivity contribution in [1.29, 1.82) is 0 Å². The Morgan fingerprint density at radius 3 is 2.81 bits per heavy atom. The molecule has 8 heteroatoms. The van der Waals surface area contributed by atoms with Gasteiger partial charge in [0, 0.05) is 25.3 Å². The fraction of sp³-hybridized carbons (Fsp3) is 0.538. The van der Waals surface area contributed by atoms with Gasteiger partial charge in [0.2, 0.25) is 10.0 Å². The molecule has 1 saturated heterocycles. The Hall–Kier alpha value is -0.760. The third-order valence-corrected chi connectivity index (χ3v) is 5.47. The fourth-order valence-electron chi connectivity index (χ4n) is 2.21. The van der Waals surface area contributed by atoms with E-state index in [1.165, 1.54) is 4.31 Å². The maximum atomic E-state index is 14.2. The van der Waals surface area contributed by atoms with Gasteiger partial charge in [-0.2, -0.15) is 4.31 Å². The molecule has 0 bridgehead atoms. The van der Waals surface area contributed by atoms with Gasteiger partial charge in [0.1, 0.15) is 10.7 Å². The lowest BCUT2D eigenvalue weighted by Gasteiger charge is -2.22. The first-order valence-electron chi connectivity index (χ1n) is 6.52. The molecule has 0 radical (unpaired) electrons. The van der Waals surface area contributed by atoms with Crippen LogP contribution in [0.5, 0.6) is 0 Å². The molecule has 1 atom stereocenters. The Morgan fingerprint density at radius 1 is 1.43 bits per heavy atom. The number of benzene rings is 1. The average molecular weight is 340 g/mol. The summed E-state index contributed by atoms with van der Waals surface area (Å²) in [4.78, 5) is -0.548. The number of alkyl halides is 1. The minimum Gasteiger partial charge on any atom is -0.377 e. The first kappa shape index (κ1) is 16.6. The van der Waals surface area contributed by atoms with Crippen LogP contribution in [-0.4, -0.2) is 38.5 Å². The van der Waals surface area contributed by atoms with Gasteiger partial charge in [0.25, 0.3) is 0 Å². The van der Waals surface area contributed by atoms with E-state index in [1.807, 2.05) is 0 Å². The normalized spacial score (nSPS) is 21.2. The highest BCUT2D eigenvalue weighted by molar-refractivity contribution is 7.89. The number of halogens is 3. The number of nitrogens with zero attached hydrogens (tertiary/aromatic N) is 1. The van der Waals surface area contributed by atoms with Crippen LogP contribution >= 0.6 is 11.6 Å². The van der Waals surface area contributed by atoms with Crippen LogP contribution in [0.2, 0.25) is 0 Å². The predicted octanol–water partition coefficient (Wildman–Crippen LogP) is 2.50. The Kier molecular flexibility index (Phi) is 5.19. The Balaban J connectivity index is 2.44. The smallest absolute Gasteiger partial charge is 0.246 e. The van der Waals surface area contributed by atoms with Gasteiger partial charge < -0.3 is 4.74 Å². The monoisotopic (exact) mass is 339 g/mol. The molecule has 0 spiro atoms. The zero-order chi connectivity index (χ0) is 15.6. The van der Waals surface area contributed by atoms with Crippen LogP contribution in [-0.2, 0) is 20.6 Å². The number of hydrogen-bond donors (Lipinski definition) is 0. The van der Waals surface area contributed by atoms with E-state index in [2.05, 4.69) is 0 Å². The number of rotatable bonds is 3. The van der Waals surface area contributed by atoms with Crippen LogP contribution in [0, 0.1) is 11.6 Å². The quantitative estimate of drug-likeness (QED) is 0.795. The summed E-state index contributed by atoms with van der Waals surface area (Å²) in [6.07, 6.45) is 0.243. The van der Waals surface area contributed by atoms with Crippen LogP contribution in [0.15, 0.2) is 17.0 Å². The van der Waals surface area contributed by atoms with E-state index >= 15 is 0 Å². The van der Waals surface area contributed by atoms with E-state index in [1.54, 1.807) is 6.92 Å². The van der Waals surface area contributed by atoms with Crippen molar-refractivity contribution < 1.29 is 21.9 Å². The number of sulfonamides is 1. The zero-order valence-electron chi connectivity index (χ0n) is 11.5. The molecule has 1 aromatic carbocycles. The summed E-state index contributed by atoms with van der Waals surface area (Å²) in [6.45, 7) is 2.57. The summed E-state index contributed by atoms with van der Waals surface area (Å²) < 4.78 is 59.3. The molecule has 1 aliphatic rings. The van der Waals surface area contributed by atoms with Crippen molar-refractivity contribution in [3.05, 3.63) is 29.3 Å². The molecule has 0 N–H and O–H groups in total. The lowest BCUT2D eigenvalue weighted by atomic mass is 10.2. The summed E-state index contributed by atoms with van der Waals surface area (Å²) in [6, 6.07) is 1.86. The Labute approximate surface area is 127 Å². The van der Waals surface area contributed by atoms with E-state index in [0.29, 0.717) is 13.0 Å². The molecular weight excluding hydrogens is 324 g/mol. The lowest BCUT2D eigenvalue weighted by Crippen LogP contribution is -2.36. The molecule has 0 aliphatic carbocycles. The van der Waals surface area contributed by atoms with E-state index in [-0.39, 0.29) is 19.2 Å². The van der Waals surface area contributed by atoms with Crippen LogP contribution in [0.1, 0.15) is 18.9 Å². The molecule has 1 aromatic rings. The van der Waals surface area contributed by atoms with Gasteiger partial charge in [-0.1, -0.05) is 0 Å². The molecule has 0 aromatic heterocycles. The van der Waals surface area contributed by atoms with Gasteiger partial charge in [0.15, 0.2) is 5.82 Å². The standard InChI is InChI=1S/C13H16ClF2NO3S/c1-9-8-17(5-2-6-20-9)21(18,19)12-4-3-11(15)10(7-14)13(12)16/h3-4,9H,2,5-8H2,1H3. The minimum atomic E-state index is -4.05. The summed E-state index contributed by atoms with van der Waals surface area (Å²) in [5.41, 5.74) is -0.433. The van der Waals surface area contributed by atoms with Crippen LogP contribution in [0.25, 0.3) is 0 Å². The second-order valence-electron chi connectivity index (χ2n) is 4.87. The highest BCUT2D eigenvalue weighted by Crippen LogP contribution is 2.26. The molecule has 1 unspecified atom stereocenters. The fourth-order valence-corrected chi connectivity index (χ4v) is 4.10. The van der Waals surface area contributed by atoms with Gasteiger partial charge in [0.05, 0.1) is 12.0 Å². The van der Waals surface area contributed by atoms with Crippen molar-refractivity contribution in [3.63, 3.8) is 0 Å². The molecule has 1 fully saturated rings. The van der Waals surface area contributed by atoms with Crippen molar-refractivity contribution in [2.24, 2.45) is 0 Å². The summed E-state index contributed by atoms with van der Waals surface area (Å²) in [5, 5.41) is 0. The van der Waals surface area contributed by atoms with Crippen molar-refractivity contribution in [1.82, 2.24) is 4.31 Å². The predicted molar refractivity (Wildman–Crippen MR) is 74.7 cm³/mol. The van der Waals surface area contributed by atoms with E-state index < -0.39 is 38.0 Å². The molecule has 0 saturated carbocycles. The van der Waals surface area contributed by atoms with Crippen LogP contribution in [0.4, 0.5) is 8.78 Å². The van der Waals surface area contributed by atoms with Gasteiger partial charge in [-0.3, -0.25) is 0 Å². The largest absolute Gasteiger partial charge is 0.377 e. The number of ether oxygens (including phenoxy) is 1. The van der Waals surface area contributed by atoms with Crippen molar-refractivity contribution in [2.45, 2.75) is 30.2 Å². The second kappa shape index (κ2) is 6.56. The van der Waals surface area contributed by atoms with Gasteiger partial charge in [-0.15, -0.1) is 11.6 Å². The summed E-state index contributed by atoms with van der Waals surface area (Å²) in [7, 11) is -4.05. The highest BCUT2D eigenvalue weighted by atomic mass is 35.5. The topological polar surface area (TPSA) is 46.6 Å². The Bertz CT molecular complexity index is 624. The van der Waals surface area contributed by atoms with E-state index in [0.717, 1.165) is 12.1 Å². The zero-order valence-corrected chi connectivity index (χ0v) is 13.1. The molecule has 4 nitrogen and oxygen atoms in total. The maximum absolute atomic E-state index is 14.2. The first-order valence-corrected chi connectivity index (χ1v) is 8.50. The highest BCUT2D eigenvalue weighted by Gasteiger charge is 2.31. The average Bonchev–Trinajstić information content (AvgIpc) is 2.64. The minimum absolute atomic E-state index is 0.134. The molecule has 0 amide bonds. The molecule has 21 heavy (non-hydrogen) atoms. The molecule has 118 valence electrons. The van der Waals surface area contributed by atoms with Crippen LogP contribution < -0.4 is 0 Å². The van der Waals surface area contributed by atoms with Crippen molar-refractivity contribution in [2.75, 3.05) is 19.7 Å². The van der Waals surface area contributed by atoms with Crippen molar-refractivity contribution in [3.8, 4) is 0 Å². The summed E-state index contributed by atoms with van der Waals surface area (Å²) in [5.74, 6) is -2.41. The summed E-state index contributed by atoms with van der Waals surface area (Å²) >= 11 is 5.49. The maximum Gasteiger partial charge on any atom is 0.246 e. The number of hydrogen-bond acceptors (Lipinski definition) is 3. The van der Waals surface area contributed by atoms with E-state index in [9.17, 15) is 17.2 Å². The first-order chi connectivity index (χ1) is 9.87.